The van der Waals surface area contributed by atoms with Crippen LogP contribution in [0.15, 0.2) is 40.6 Å². The van der Waals surface area contributed by atoms with Crippen LogP contribution in [0.2, 0.25) is 0 Å². The van der Waals surface area contributed by atoms with Crippen LogP contribution in [0.3, 0.4) is 0 Å². The molecular weight excluding hydrogens is 428 g/mol. The highest BCUT2D eigenvalue weighted by Gasteiger charge is 2.50. The molecule has 0 atom stereocenters. The van der Waals surface area contributed by atoms with Gasteiger partial charge >= 0.3 is 0 Å². The van der Waals surface area contributed by atoms with Gasteiger partial charge in [0.05, 0.1) is 16.6 Å². The van der Waals surface area contributed by atoms with Gasteiger partial charge in [0.1, 0.15) is 17.7 Å². The maximum atomic E-state index is 13.2. The Bertz CT molecular complexity index is 1070. The Morgan fingerprint density at radius 2 is 1.88 bits per heavy atom. The van der Waals surface area contributed by atoms with E-state index in [0.717, 1.165) is 37.0 Å². The first kappa shape index (κ1) is 21.5. The summed E-state index contributed by atoms with van der Waals surface area (Å²) in [6, 6.07) is 7.95. The minimum atomic E-state index is -3.64. The SMILES string of the molecule is CC1(S(=O)(=O)/N=C2CCCN3C(=O)COc4ccccc4C4CCC(CC4)O\C=C\23)CC1. The van der Waals surface area contributed by atoms with Gasteiger partial charge in [-0.1, -0.05) is 18.2 Å². The Balaban J connectivity index is 1.50. The third-order valence-corrected chi connectivity index (χ3v) is 9.36. The molecule has 0 N–H and O–H groups in total. The Hall–Kier alpha value is -2.35. The third-order valence-electron chi connectivity index (χ3n) is 7.25. The topological polar surface area (TPSA) is 85.3 Å². The average Bonchev–Trinajstić information content (AvgIpc) is 3.55. The molecule has 0 radical (unpaired) electrons. The van der Waals surface area contributed by atoms with Crippen LogP contribution in [-0.4, -0.2) is 48.9 Å². The molecule has 3 aliphatic heterocycles. The van der Waals surface area contributed by atoms with Gasteiger partial charge in [-0.2, -0.15) is 4.40 Å². The van der Waals surface area contributed by atoms with Crippen LogP contribution >= 0.6 is 0 Å². The lowest BCUT2D eigenvalue weighted by molar-refractivity contribution is -0.131. The van der Waals surface area contributed by atoms with Crippen LogP contribution in [0.25, 0.3) is 0 Å². The lowest BCUT2D eigenvalue weighted by Gasteiger charge is -2.31. The van der Waals surface area contributed by atoms with E-state index in [-0.39, 0.29) is 18.6 Å². The Kier molecular flexibility index (Phi) is 5.51. The van der Waals surface area contributed by atoms with Crippen LogP contribution in [-0.2, 0) is 19.6 Å². The van der Waals surface area contributed by atoms with Crippen LogP contribution in [0.1, 0.15) is 69.8 Å². The zero-order valence-electron chi connectivity index (χ0n) is 18.5. The quantitative estimate of drug-likeness (QED) is 0.671. The highest BCUT2D eigenvalue weighted by Crippen LogP contribution is 2.44. The lowest BCUT2D eigenvalue weighted by atomic mass is 9.82. The fraction of sp³-hybridized carbons (Fsp3) is 0.583. The summed E-state index contributed by atoms with van der Waals surface area (Å²) < 4.78 is 41.2. The van der Waals surface area contributed by atoms with E-state index in [1.807, 2.05) is 18.2 Å². The zero-order chi connectivity index (χ0) is 22.3. The normalized spacial score (nSPS) is 30.4. The van der Waals surface area contributed by atoms with Gasteiger partial charge in [-0.25, -0.2) is 8.42 Å². The smallest absolute Gasteiger partial charge is 0.265 e. The number of allylic oxidation sites excluding steroid dienone is 1. The van der Waals surface area contributed by atoms with Gasteiger partial charge in [-0.05, 0) is 75.8 Å². The monoisotopic (exact) mass is 458 g/mol. The number of sulfonamides is 1. The molecule has 0 unspecified atom stereocenters. The lowest BCUT2D eigenvalue weighted by Crippen LogP contribution is -2.41. The number of carbonyl (C=O) groups excluding carboxylic acids is 1. The summed E-state index contributed by atoms with van der Waals surface area (Å²) in [5, 5.41) is 0. The summed E-state index contributed by atoms with van der Waals surface area (Å²) in [5.74, 6) is 0.924. The second-order valence-corrected chi connectivity index (χ2v) is 11.7. The van der Waals surface area contributed by atoms with Gasteiger partial charge in [-0.15, -0.1) is 0 Å². The van der Waals surface area contributed by atoms with Crippen LogP contribution in [0.4, 0.5) is 0 Å². The summed E-state index contributed by atoms with van der Waals surface area (Å²) in [4.78, 5) is 14.7. The molecule has 2 aliphatic carbocycles. The largest absolute Gasteiger partial charge is 0.496 e. The van der Waals surface area contributed by atoms with Gasteiger partial charge in [-0.3, -0.25) is 4.79 Å². The minimum absolute atomic E-state index is 0.0465. The number of amides is 1. The number of carbonyl (C=O) groups is 1. The molecular formula is C24H30N2O5S. The fourth-order valence-electron chi connectivity index (χ4n) is 4.82. The van der Waals surface area contributed by atoms with Crippen molar-refractivity contribution in [1.29, 1.82) is 0 Å². The Morgan fingerprint density at radius 1 is 1.12 bits per heavy atom. The molecule has 7 nitrogen and oxygen atoms in total. The molecule has 0 spiro atoms. The number of ether oxygens (including phenoxy) is 2. The van der Waals surface area contributed by atoms with Crippen molar-refractivity contribution in [2.24, 2.45) is 4.40 Å². The minimum Gasteiger partial charge on any atom is -0.496 e. The predicted molar refractivity (Wildman–Crippen MR) is 121 cm³/mol. The first-order valence-corrected chi connectivity index (χ1v) is 13.0. The second-order valence-electron chi connectivity index (χ2n) is 9.55. The number of fused-ring (bicyclic) bond motifs is 5. The van der Waals surface area contributed by atoms with E-state index in [0.29, 0.717) is 49.6 Å². The second kappa shape index (κ2) is 8.21. The maximum absolute atomic E-state index is 13.2. The van der Waals surface area contributed by atoms with Crippen molar-refractivity contribution in [3.05, 3.63) is 41.8 Å². The highest BCUT2D eigenvalue weighted by atomic mass is 32.2. The fourth-order valence-corrected chi connectivity index (χ4v) is 6.13. The summed E-state index contributed by atoms with van der Waals surface area (Å²) in [7, 11) is -3.64. The Morgan fingerprint density at radius 3 is 2.62 bits per heavy atom. The van der Waals surface area contributed by atoms with Gasteiger partial charge in [0.15, 0.2) is 6.61 Å². The first-order chi connectivity index (χ1) is 15.4. The van der Waals surface area contributed by atoms with Crippen molar-refractivity contribution in [1.82, 2.24) is 4.90 Å². The third kappa shape index (κ3) is 4.05. The number of hydrogen-bond acceptors (Lipinski definition) is 5. The van der Waals surface area contributed by atoms with E-state index in [1.54, 1.807) is 18.1 Å². The molecule has 2 saturated carbocycles. The number of nitrogens with zero attached hydrogens (tertiary/aromatic N) is 2. The van der Waals surface area contributed by atoms with Crippen molar-refractivity contribution in [2.45, 2.75) is 75.1 Å². The number of rotatable bonds is 2. The molecule has 1 aromatic carbocycles. The molecule has 3 heterocycles. The maximum Gasteiger partial charge on any atom is 0.265 e. The van der Waals surface area contributed by atoms with Crippen LogP contribution in [0, 0.1) is 0 Å². The first-order valence-electron chi connectivity index (χ1n) is 11.6. The molecule has 32 heavy (non-hydrogen) atoms. The average molecular weight is 459 g/mol. The van der Waals surface area contributed by atoms with E-state index in [4.69, 9.17) is 9.47 Å². The molecule has 8 heteroatoms. The molecule has 3 fully saturated rings. The number of piperidine rings is 1. The molecule has 5 aliphatic rings. The van der Waals surface area contributed by atoms with Crippen molar-refractivity contribution in [3.8, 4) is 5.75 Å². The van der Waals surface area contributed by atoms with Crippen LogP contribution < -0.4 is 4.74 Å². The van der Waals surface area contributed by atoms with Gasteiger partial charge < -0.3 is 14.4 Å². The summed E-state index contributed by atoms with van der Waals surface area (Å²) in [5.41, 5.74) is 2.03. The number of benzene rings is 1. The predicted octanol–water partition coefficient (Wildman–Crippen LogP) is 3.91. The molecule has 0 aromatic heterocycles. The van der Waals surface area contributed by atoms with Gasteiger partial charge in [0, 0.05) is 6.54 Å². The van der Waals surface area contributed by atoms with Crippen LogP contribution in [0.5, 0.6) is 5.75 Å². The molecule has 172 valence electrons. The van der Waals surface area contributed by atoms with Gasteiger partial charge in [0.25, 0.3) is 15.9 Å². The van der Waals surface area contributed by atoms with Gasteiger partial charge in [0.2, 0.25) is 0 Å². The summed E-state index contributed by atoms with van der Waals surface area (Å²) in [6.07, 6.45) is 7.81. The standard InChI is InChI=1S/C24H30N2O5S/c1-24(12-13-24)32(28,29)25-20-6-4-14-26-21(20)15-30-18-10-8-17(9-11-18)19-5-2-3-7-22(19)31-16-23(26)27/h2-3,5,7,15,17-18H,4,6,8-14,16H2,1H3/b21-15-,25-20+. The zero-order valence-corrected chi connectivity index (χ0v) is 19.3. The number of para-hydroxylation sites is 1. The van der Waals surface area contributed by atoms with E-state index in [1.165, 1.54) is 0 Å². The molecule has 1 amide bonds. The highest BCUT2D eigenvalue weighted by molar-refractivity contribution is 7.92. The van der Waals surface area contributed by atoms with E-state index >= 15 is 0 Å². The molecule has 1 saturated heterocycles. The Labute approximate surface area is 189 Å². The molecule has 2 bridgehead atoms. The van der Waals surface area contributed by atoms with E-state index in [9.17, 15) is 13.2 Å². The summed E-state index contributed by atoms with van der Waals surface area (Å²) in [6.45, 7) is 2.11. The molecule has 1 aromatic rings. The van der Waals surface area contributed by atoms with Crippen molar-refractivity contribution in [2.75, 3.05) is 13.2 Å². The van der Waals surface area contributed by atoms with Crippen molar-refractivity contribution < 1.29 is 22.7 Å². The molecule has 6 rings (SSSR count). The van der Waals surface area contributed by atoms with E-state index < -0.39 is 14.8 Å². The van der Waals surface area contributed by atoms with E-state index in [2.05, 4.69) is 10.5 Å². The number of hydrogen-bond donors (Lipinski definition) is 0. The summed E-state index contributed by atoms with van der Waals surface area (Å²) >= 11 is 0. The van der Waals surface area contributed by atoms with Crippen molar-refractivity contribution in [3.63, 3.8) is 0 Å². The van der Waals surface area contributed by atoms with Crippen molar-refractivity contribution >= 4 is 21.6 Å².